The smallest absolute Gasteiger partial charge is 0.263 e. The molecule has 1 amide bonds. The normalized spacial score (nSPS) is 16.4. The van der Waals surface area contributed by atoms with Crippen molar-refractivity contribution in [2.24, 2.45) is 5.73 Å². The molecule has 0 spiro atoms. The third-order valence-electron chi connectivity index (χ3n) is 4.11. The maximum absolute atomic E-state index is 12.5. The van der Waals surface area contributed by atoms with Gasteiger partial charge in [0.05, 0.1) is 6.10 Å². The number of rotatable bonds is 7. The Morgan fingerprint density at radius 2 is 2.08 bits per heavy atom. The minimum absolute atomic E-state index is 0. The molecule has 1 unspecified atom stereocenters. The van der Waals surface area contributed by atoms with Gasteiger partial charge in [0.15, 0.2) is 6.10 Å². The number of aryl methyl sites for hydroxylation is 1. The van der Waals surface area contributed by atoms with Gasteiger partial charge in [0.2, 0.25) is 0 Å². The molecule has 1 aromatic carbocycles. The summed E-state index contributed by atoms with van der Waals surface area (Å²) in [5.74, 6) is 0.790. The number of carbonyl (C=O) groups excluding carboxylic acids is 1. The van der Waals surface area contributed by atoms with Crippen LogP contribution in [-0.4, -0.2) is 49.3 Å². The summed E-state index contributed by atoms with van der Waals surface area (Å²) < 4.78 is 11.6. The highest BCUT2D eigenvalue weighted by Crippen LogP contribution is 2.18. The van der Waals surface area contributed by atoms with E-state index in [1.165, 1.54) is 0 Å². The molecule has 0 saturated carbocycles. The summed E-state index contributed by atoms with van der Waals surface area (Å²) >= 11 is 0. The largest absolute Gasteiger partial charge is 0.481 e. The zero-order valence-electron chi connectivity index (χ0n) is 14.6. The molecule has 0 aliphatic carbocycles. The fraction of sp³-hybridized carbons (Fsp3) is 0.611. The summed E-state index contributed by atoms with van der Waals surface area (Å²) in [6.45, 7) is 6.65. The van der Waals surface area contributed by atoms with E-state index in [0.717, 1.165) is 43.7 Å². The maximum Gasteiger partial charge on any atom is 0.263 e. The van der Waals surface area contributed by atoms with E-state index < -0.39 is 6.10 Å². The number of likely N-dealkylation sites (tertiary alicyclic amines) is 1. The number of halogens is 1. The second-order valence-corrected chi connectivity index (χ2v) is 6.11. The molecule has 1 atom stereocenters. The molecule has 1 aliphatic heterocycles. The molecule has 5 nitrogen and oxygen atoms in total. The number of hydrogen-bond donors (Lipinski definition) is 1. The first-order chi connectivity index (χ1) is 11.1. The van der Waals surface area contributed by atoms with E-state index in [0.29, 0.717) is 13.2 Å². The lowest BCUT2D eigenvalue weighted by atomic mass is 10.1. The molecular formula is C18H29ClN2O3. The summed E-state index contributed by atoms with van der Waals surface area (Å²) in [5, 5.41) is 0. The summed E-state index contributed by atoms with van der Waals surface area (Å²) in [6, 6.07) is 7.77. The first kappa shape index (κ1) is 20.7. The Hall–Kier alpha value is -1.30. The van der Waals surface area contributed by atoms with Crippen molar-refractivity contribution < 1.29 is 14.3 Å². The third-order valence-corrected chi connectivity index (χ3v) is 4.11. The molecule has 24 heavy (non-hydrogen) atoms. The van der Waals surface area contributed by atoms with Gasteiger partial charge in [-0.15, -0.1) is 12.4 Å². The minimum Gasteiger partial charge on any atom is -0.481 e. The van der Waals surface area contributed by atoms with Crippen molar-refractivity contribution in [2.45, 2.75) is 45.3 Å². The van der Waals surface area contributed by atoms with Gasteiger partial charge >= 0.3 is 0 Å². The average Bonchev–Trinajstić information content (AvgIpc) is 2.55. The predicted octanol–water partition coefficient (Wildman–Crippen LogP) is 2.54. The molecule has 2 rings (SSSR count). The third kappa shape index (κ3) is 6.30. The second-order valence-electron chi connectivity index (χ2n) is 6.11. The Balaban J connectivity index is 0.00000288. The first-order valence-electron chi connectivity index (χ1n) is 8.44. The van der Waals surface area contributed by atoms with Crippen molar-refractivity contribution in [2.75, 3.05) is 26.2 Å². The molecule has 1 aliphatic rings. The van der Waals surface area contributed by atoms with Gasteiger partial charge in [-0.3, -0.25) is 4.79 Å². The van der Waals surface area contributed by atoms with E-state index in [4.69, 9.17) is 15.2 Å². The molecular weight excluding hydrogens is 328 g/mol. The zero-order valence-corrected chi connectivity index (χ0v) is 15.4. The van der Waals surface area contributed by atoms with Gasteiger partial charge in [0, 0.05) is 19.7 Å². The van der Waals surface area contributed by atoms with Crippen LogP contribution in [0.1, 0.15) is 31.7 Å². The van der Waals surface area contributed by atoms with Crippen LogP contribution in [0.4, 0.5) is 0 Å². The Bertz CT molecular complexity index is 505. The summed E-state index contributed by atoms with van der Waals surface area (Å²) in [4.78, 5) is 14.4. The van der Waals surface area contributed by atoms with E-state index in [1.54, 1.807) is 0 Å². The van der Waals surface area contributed by atoms with Crippen LogP contribution in [0.3, 0.4) is 0 Å². The molecule has 1 fully saturated rings. The van der Waals surface area contributed by atoms with Crippen molar-refractivity contribution in [3.63, 3.8) is 0 Å². The lowest BCUT2D eigenvalue weighted by molar-refractivity contribution is -0.140. The Morgan fingerprint density at radius 3 is 2.71 bits per heavy atom. The minimum atomic E-state index is -0.466. The fourth-order valence-electron chi connectivity index (χ4n) is 2.78. The number of nitrogens with two attached hydrogens (primary N) is 1. The lowest BCUT2D eigenvalue weighted by Gasteiger charge is -2.33. The van der Waals surface area contributed by atoms with E-state index >= 15 is 0 Å². The molecule has 0 aromatic heterocycles. The number of amides is 1. The number of benzene rings is 1. The van der Waals surface area contributed by atoms with Gasteiger partial charge in [0.25, 0.3) is 5.91 Å². The Labute approximate surface area is 150 Å². The van der Waals surface area contributed by atoms with Gasteiger partial charge < -0.3 is 20.1 Å². The number of nitrogens with zero attached hydrogens (tertiary/aromatic N) is 1. The highest BCUT2D eigenvalue weighted by atomic mass is 35.5. The Morgan fingerprint density at radius 1 is 1.38 bits per heavy atom. The summed E-state index contributed by atoms with van der Waals surface area (Å²) in [5.41, 5.74) is 6.59. The zero-order chi connectivity index (χ0) is 16.7. The predicted molar refractivity (Wildman–Crippen MR) is 97.7 cm³/mol. The molecule has 136 valence electrons. The average molecular weight is 357 g/mol. The van der Waals surface area contributed by atoms with Crippen LogP contribution in [-0.2, 0) is 9.53 Å². The second kappa shape index (κ2) is 10.5. The molecule has 0 radical (unpaired) electrons. The van der Waals surface area contributed by atoms with Crippen molar-refractivity contribution in [1.82, 2.24) is 4.90 Å². The highest BCUT2D eigenvalue weighted by Gasteiger charge is 2.27. The van der Waals surface area contributed by atoms with E-state index in [-0.39, 0.29) is 24.4 Å². The molecule has 1 aromatic rings. The quantitative estimate of drug-likeness (QED) is 0.762. The van der Waals surface area contributed by atoms with Crippen LogP contribution in [0, 0.1) is 6.92 Å². The highest BCUT2D eigenvalue weighted by molar-refractivity contribution is 5.85. The van der Waals surface area contributed by atoms with Gasteiger partial charge in [-0.25, -0.2) is 0 Å². The van der Waals surface area contributed by atoms with Gasteiger partial charge in [-0.2, -0.15) is 0 Å². The van der Waals surface area contributed by atoms with Gasteiger partial charge in [0.1, 0.15) is 5.75 Å². The number of hydrogen-bond acceptors (Lipinski definition) is 4. The number of carbonyl (C=O) groups is 1. The number of piperidine rings is 1. The van der Waals surface area contributed by atoms with E-state index in [2.05, 4.69) is 0 Å². The van der Waals surface area contributed by atoms with Gasteiger partial charge in [-0.05, 0) is 57.4 Å². The molecule has 1 heterocycles. The topological polar surface area (TPSA) is 64.8 Å². The first-order valence-corrected chi connectivity index (χ1v) is 8.44. The summed E-state index contributed by atoms with van der Waals surface area (Å²) in [7, 11) is 0. The van der Waals surface area contributed by atoms with Gasteiger partial charge in [-0.1, -0.05) is 12.1 Å². The van der Waals surface area contributed by atoms with Crippen molar-refractivity contribution in [3.05, 3.63) is 29.8 Å². The molecule has 1 saturated heterocycles. The van der Waals surface area contributed by atoms with Crippen LogP contribution in [0.2, 0.25) is 0 Å². The standard InChI is InChI=1S/C18H28N2O3.ClH/c1-14-5-3-6-17(13-14)23-15(2)18(21)20-10-7-16(8-11-20)22-12-4-9-19;/h3,5-6,13,15-16H,4,7-12,19H2,1-2H3;1H. The van der Waals surface area contributed by atoms with Crippen LogP contribution < -0.4 is 10.5 Å². The fourth-order valence-corrected chi connectivity index (χ4v) is 2.78. The molecule has 0 bridgehead atoms. The SMILES string of the molecule is Cc1cccc(OC(C)C(=O)N2CCC(OCCCN)CC2)c1.Cl. The van der Waals surface area contributed by atoms with E-state index in [9.17, 15) is 4.79 Å². The van der Waals surface area contributed by atoms with Crippen LogP contribution in [0.25, 0.3) is 0 Å². The van der Waals surface area contributed by atoms with Crippen LogP contribution in [0.5, 0.6) is 5.75 Å². The van der Waals surface area contributed by atoms with Crippen molar-refractivity contribution >= 4 is 18.3 Å². The maximum atomic E-state index is 12.5. The van der Waals surface area contributed by atoms with Crippen molar-refractivity contribution in [1.29, 1.82) is 0 Å². The monoisotopic (exact) mass is 356 g/mol. The van der Waals surface area contributed by atoms with Crippen LogP contribution in [0.15, 0.2) is 24.3 Å². The lowest BCUT2D eigenvalue weighted by Crippen LogP contribution is -2.46. The Kier molecular flexibility index (Phi) is 9.11. The van der Waals surface area contributed by atoms with Crippen molar-refractivity contribution in [3.8, 4) is 5.75 Å². The van der Waals surface area contributed by atoms with E-state index in [1.807, 2.05) is 43.0 Å². The molecule has 2 N–H and O–H groups in total. The van der Waals surface area contributed by atoms with Crippen LogP contribution >= 0.6 is 12.4 Å². The molecule has 6 heteroatoms. The summed E-state index contributed by atoms with van der Waals surface area (Å²) in [6.07, 6.45) is 2.44. The number of ether oxygens (including phenoxy) is 2.